The van der Waals surface area contributed by atoms with Crippen LogP contribution in [-0.2, 0) is 4.79 Å². The number of anilines is 1. The fourth-order valence-electron chi connectivity index (χ4n) is 5.50. The van der Waals surface area contributed by atoms with Crippen molar-refractivity contribution in [3.8, 4) is 11.5 Å². The molecule has 33 heavy (non-hydrogen) atoms. The maximum absolute atomic E-state index is 13.6. The quantitative estimate of drug-likeness (QED) is 0.480. The van der Waals surface area contributed by atoms with E-state index >= 15 is 0 Å². The van der Waals surface area contributed by atoms with E-state index in [0.717, 1.165) is 34.6 Å². The Morgan fingerprint density at radius 1 is 1.09 bits per heavy atom. The number of methoxy groups -OCH3 is 1. The zero-order chi connectivity index (χ0) is 23.3. The third-order valence-corrected chi connectivity index (χ3v) is 6.84. The van der Waals surface area contributed by atoms with Gasteiger partial charge in [-0.25, -0.2) is 0 Å². The SMILES string of the molecule is CCOc1c(C)cc(C2Nc3ccc4ccccc4c3C3=C2C(=O)CC(C)(C)C3)cc1OC. The fourth-order valence-corrected chi connectivity index (χ4v) is 5.50. The van der Waals surface area contributed by atoms with Gasteiger partial charge in [-0.05, 0) is 71.4 Å². The minimum absolute atomic E-state index is 0.0710. The lowest BCUT2D eigenvalue weighted by molar-refractivity contribution is -0.118. The summed E-state index contributed by atoms with van der Waals surface area (Å²) in [6, 6.07) is 16.7. The number of rotatable bonds is 4. The van der Waals surface area contributed by atoms with Gasteiger partial charge in [0, 0.05) is 23.2 Å². The first kappa shape index (κ1) is 21.6. The Hall–Kier alpha value is -3.27. The highest BCUT2D eigenvalue weighted by Gasteiger charge is 2.41. The van der Waals surface area contributed by atoms with E-state index in [1.54, 1.807) is 7.11 Å². The van der Waals surface area contributed by atoms with Crippen LogP contribution in [-0.4, -0.2) is 19.5 Å². The monoisotopic (exact) mass is 441 g/mol. The van der Waals surface area contributed by atoms with Crippen molar-refractivity contribution in [3.63, 3.8) is 0 Å². The summed E-state index contributed by atoms with van der Waals surface area (Å²) in [6.45, 7) is 8.96. The standard InChI is InChI=1S/C29H31NO3/c1-6-33-28-17(2)13-19(14-24(28)32-5)27-26-21(15-29(3,4)16-23(26)31)25-20-10-8-7-9-18(20)11-12-22(25)30-27/h7-14,27,30H,6,15-16H2,1-5H3. The molecular formula is C29H31NO3. The van der Waals surface area contributed by atoms with Crippen molar-refractivity contribution in [1.82, 2.24) is 0 Å². The van der Waals surface area contributed by atoms with Gasteiger partial charge in [-0.15, -0.1) is 0 Å². The number of allylic oxidation sites excluding steroid dienone is 1. The van der Waals surface area contributed by atoms with Crippen LogP contribution >= 0.6 is 0 Å². The maximum atomic E-state index is 13.6. The number of hydrogen-bond acceptors (Lipinski definition) is 4. The molecule has 0 saturated heterocycles. The van der Waals surface area contributed by atoms with Crippen LogP contribution in [0, 0.1) is 12.3 Å². The van der Waals surface area contributed by atoms with Crippen LogP contribution in [0.25, 0.3) is 16.3 Å². The molecule has 4 nitrogen and oxygen atoms in total. The summed E-state index contributed by atoms with van der Waals surface area (Å²) in [5, 5.41) is 6.10. The molecule has 1 heterocycles. The van der Waals surface area contributed by atoms with Gasteiger partial charge in [0.25, 0.3) is 0 Å². The molecule has 3 aromatic carbocycles. The largest absolute Gasteiger partial charge is 0.493 e. The van der Waals surface area contributed by atoms with Crippen molar-refractivity contribution in [2.75, 3.05) is 19.0 Å². The molecule has 0 bridgehead atoms. The fraction of sp³-hybridized carbons (Fsp3) is 0.345. The topological polar surface area (TPSA) is 47.6 Å². The van der Waals surface area contributed by atoms with Crippen LogP contribution in [0.15, 0.2) is 54.1 Å². The lowest BCUT2D eigenvalue weighted by Crippen LogP contribution is -2.33. The van der Waals surface area contributed by atoms with Gasteiger partial charge in [-0.3, -0.25) is 4.79 Å². The van der Waals surface area contributed by atoms with E-state index in [2.05, 4.69) is 61.6 Å². The second-order valence-electron chi connectivity index (χ2n) is 9.92. The van der Waals surface area contributed by atoms with Gasteiger partial charge < -0.3 is 14.8 Å². The highest BCUT2D eigenvalue weighted by molar-refractivity contribution is 6.12. The van der Waals surface area contributed by atoms with Gasteiger partial charge in [0.1, 0.15) is 0 Å². The van der Waals surface area contributed by atoms with Crippen LogP contribution in [0.2, 0.25) is 0 Å². The molecule has 0 radical (unpaired) electrons. The van der Waals surface area contributed by atoms with E-state index in [1.165, 1.54) is 21.9 Å². The molecule has 170 valence electrons. The van der Waals surface area contributed by atoms with E-state index in [4.69, 9.17) is 9.47 Å². The van der Waals surface area contributed by atoms with E-state index in [1.807, 2.05) is 19.9 Å². The molecule has 1 unspecified atom stereocenters. The molecule has 1 N–H and O–H groups in total. The van der Waals surface area contributed by atoms with Crippen molar-refractivity contribution in [2.24, 2.45) is 5.41 Å². The molecule has 1 atom stereocenters. The second-order valence-corrected chi connectivity index (χ2v) is 9.92. The molecule has 0 spiro atoms. The number of fused-ring (bicyclic) bond motifs is 4. The molecule has 1 aliphatic heterocycles. The number of ether oxygens (including phenoxy) is 2. The Kier molecular flexibility index (Phi) is 5.19. The van der Waals surface area contributed by atoms with Crippen LogP contribution in [0.5, 0.6) is 11.5 Å². The summed E-state index contributed by atoms with van der Waals surface area (Å²) in [5.74, 6) is 1.68. The number of benzene rings is 3. The first-order valence-corrected chi connectivity index (χ1v) is 11.7. The van der Waals surface area contributed by atoms with Crippen molar-refractivity contribution >= 4 is 27.8 Å². The summed E-state index contributed by atoms with van der Waals surface area (Å²) in [6.07, 6.45) is 1.43. The van der Waals surface area contributed by atoms with Gasteiger partial charge in [0.15, 0.2) is 17.3 Å². The lowest BCUT2D eigenvalue weighted by atomic mass is 9.68. The third-order valence-electron chi connectivity index (χ3n) is 6.84. The van der Waals surface area contributed by atoms with Gasteiger partial charge in [0.2, 0.25) is 0 Å². The van der Waals surface area contributed by atoms with Crippen LogP contribution < -0.4 is 14.8 Å². The predicted molar refractivity (Wildman–Crippen MR) is 134 cm³/mol. The van der Waals surface area contributed by atoms with E-state index in [-0.39, 0.29) is 17.2 Å². The average molecular weight is 442 g/mol. The average Bonchev–Trinajstić information content (AvgIpc) is 2.78. The smallest absolute Gasteiger partial charge is 0.164 e. The summed E-state index contributed by atoms with van der Waals surface area (Å²) >= 11 is 0. The minimum atomic E-state index is -0.222. The molecule has 2 aliphatic rings. The number of ketones is 1. The molecule has 0 saturated carbocycles. The van der Waals surface area contributed by atoms with Crippen molar-refractivity contribution in [1.29, 1.82) is 0 Å². The maximum Gasteiger partial charge on any atom is 0.164 e. The Morgan fingerprint density at radius 2 is 1.88 bits per heavy atom. The molecule has 4 heteroatoms. The molecular weight excluding hydrogens is 410 g/mol. The highest BCUT2D eigenvalue weighted by atomic mass is 16.5. The summed E-state index contributed by atoms with van der Waals surface area (Å²) < 4.78 is 11.5. The van der Waals surface area contributed by atoms with Crippen LogP contribution in [0.3, 0.4) is 0 Å². The Labute approximate surface area is 195 Å². The molecule has 0 aromatic heterocycles. The van der Waals surface area contributed by atoms with E-state index in [9.17, 15) is 4.79 Å². The van der Waals surface area contributed by atoms with Gasteiger partial charge in [-0.2, -0.15) is 0 Å². The van der Waals surface area contributed by atoms with Crippen molar-refractivity contribution in [3.05, 3.63) is 70.8 Å². The van der Waals surface area contributed by atoms with Gasteiger partial charge >= 0.3 is 0 Å². The Bertz CT molecular complexity index is 1300. The molecule has 0 fully saturated rings. The Morgan fingerprint density at radius 3 is 2.64 bits per heavy atom. The van der Waals surface area contributed by atoms with Gasteiger partial charge in [-0.1, -0.05) is 44.2 Å². The first-order chi connectivity index (χ1) is 15.8. The summed E-state index contributed by atoms with van der Waals surface area (Å²) in [4.78, 5) is 13.6. The van der Waals surface area contributed by atoms with Gasteiger partial charge in [0.05, 0.1) is 19.8 Å². The van der Waals surface area contributed by atoms with Crippen molar-refractivity contribution < 1.29 is 14.3 Å². The highest BCUT2D eigenvalue weighted by Crippen LogP contribution is 2.52. The lowest BCUT2D eigenvalue weighted by Gasteiger charge is -2.40. The molecule has 1 aliphatic carbocycles. The molecule has 0 amide bonds. The van der Waals surface area contributed by atoms with Crippen LogP contribution in [0.4, 0.5) is 5.69 Å². The number of nitrogens with one attached hydrogen (secondary N) is 1. The predicted octanol–water partition coefficient (Wildman–Crippen LogP) is 6.87. The third kappa shape index (κ3) is 3.58. The van der Waals surface area contributed by atoms with E-state index < -0.39 is 0 Å². The number of carbonyl (C=O) groups excluding carboxylic acids is 1. The van der Waals surface area contributed by atoms with Crippen LogP contribution in [0.1, 0.15) is 56.3 Å². The Balaban J connectivity index is 1.75. The molecule has 5 rings (SSSR count). The number of aryl methyl sites for hydroxylation is 1. The number of carbonyl (C=O) groups is 1. The summed E-state index contributed by atoms with van der Waals surface area (Å²) in [5.41, 5.74) is 6.28. The van der Waals surface area contributed by atoms with E-state index in [0.29, 0.717) is 18.8 Å². The number of hydrogen-bond donors (Lipinski definition) is 1. The summed E-state index contributed by atoms with van der Waals surface area (Å²) in [7, 11) is 1.66. The molecule has 3 aromatic rings. The zero-order valence-corrected chi connectivity index (χ0v) is 20.0. The second kappa shape index (κ2) is 7.95. The number of Topliss-reactive ketones (excluding diaryl/α,β-unsaturated/α-hetero) is 1. The van der Waals surface area contributed by atoms with Crippen molar-refractivity contribution in [2.45, 2.75) is 46.6 Å². The first-order valence-electron chi connectivity index (χ1n) is 11.7. The zero-order valence-electron chi connectivity index (χ0n) is 20.0. The minimum Gasteiger partial charge on any atom is -0.493 e. The normalized spacial score (nSPS) is 19.1.